The Kier molecular flexibility index (Phi) is 6.30. The standard InChI is InChI=1S/C28H25FN4O3/c1-4-6-25(34)32-14-13-20(17-32)28-31-27(22-16-30-15-18(2)33(22)28)19-9-11-21(12-10-19)36-24-8-5-7-23(35-3)26(24)29/h5,7-12,15-16,20H,13-14,17H2,1-3H3. The average molecular weight is 485 g/mol. The van der Waals surface area contributed by atoms with Crippen molar-refractivity contribution >= 4 is 11.4 Å². The van der Waals surface area contributed by atoms with Crippen LogP contribution >= 0.6 is 0 Å². The summed E-state index contributed by atoms with van der Waals surface area (Å²) in [6.45, 7) is 4.89. The van der Waals surface area contributed by atoms with E-state index in [0.717, 1.165) is 34.7 Å². The second-order valence-electron chi connectivity index (χ2n) is 8.60. The first-order chi connectivity index (χ1) is 17.5. The molecule has 182 valence electrons. The first-order valence-electron chi connectivity index (χ1n) is 11.7. The summed E-state index contributed by atoms with van der Waals surface area (Å²) >= 11 is 0. The predicted molar refractivity (Wildman–Crippen MR) is 134 cm³/mol. The van der Waals surface area contributed by atoms with Crippen LogP contribution in [0.4, 0.5) is 4.39 Å². The number of nitrogens with zero attached hydrogens (tertiary/aromatic N) is 4. The third-order valence-corrected chi connectivity index (χ3v) is 6.33. The van der Waals surface area contributed by atoms with Gasteiger partial charge in [-0.2, -0.15) is 4.39 Å². The van der Waals surface area contributed by atoms with Crippen LogP contribution in [0, 0.1) is 24.6 Å². The van der Waals surface area contributed by atoms with Gasteiger partial charge in [0.1, 0.15) is 11.6 Å². The van der Waals surface area contributed by atoms with E-state index in [0.29, 0.717) is 18.8 Å². The van der Waals surface area contributed by atoms with Gasteiger partial charge in [-0.05, 0) is 62.6 Å². The van der Waals surface area contributed by atoms with Crippen molar-refractivity contribution in [3.8, 4) is 40.3 Å². The maximum absolute atomic E-state index is 14.5. The van der Waals surface area contributed by atoms with Crippen LogP contribution < -0.4 is 9.47 Å². The number of imidazole rings is 1. The lowest BCUT2D eigenvalue weighted by Crippen LogP contribution is -2.27. The lowest BCUT2D eigenvalue weighted by atomic mass is 10.1. The number of amides is 1. The molecular weight excluding hydrogens is 459 g/mol. The minimum Gasteiger partial charge on any atom is -0.494 e. The Balaban J connectivity index is 1.46. The highest BCUT2D eigenvalue weighted by molar-refractivity contribution is 5.93. The molecule has 0 spiro atoms. The molecule has 4 aromatic rings. The van der Waals surface area contributed by atoms with Crippen molar-refractivity contribution in [2.45, 2.75) is 26.2 Å². The molecule has 36 heavy (non-hydrogen) atoms. The zero-order valence-electron chi connectivity index (χ0n) is 20.3. The van der Waals surface area contributed by atoms with Crippen LogP contribution in [0.1, 0.15) is 30.8 Å². The van der Waals surface area contributed by atoms with Crippen LogP contribution in [-0.2, 0) is 4.79 Å². The number of hydrogen-bond acceptors (Lipinski definition) is 5. The zero-order chi connectivity index (χ0) is 25.2. The van der Waals surface area contributed by atoms with E-state index in [1.807, 2.05) is 25.3 Å². The van der Waals surface area contributed by atoms with Gasteiger partial charge in [-0.1, -0.05) is 12.0 Å². The molecule has 8 heteroatoms. The number of aryl methyl sites for hydroxylation is 1. The fourth-order valence-electron chi connectivity index (χ4n) is 4.58. The van der Waals surface area contributed by atoms with Gasteiger partial charge in [-0.15, -0.1) is 0 Å². The normalized spacial score (nSPS) is 15.0. The van der Waals surface area contributed by atoms with Gasteiger partial charge in [0.2, 0.25) is 5.82 Å². The Bertz CT molecular complexity index is 1500. The number of halogens is 1. The molecule has 1 aliphatic rings. The van der Waals surface area contributed by atoms with E-state index in [2.05, 4.69) is 21.2 Å². The van der Waals surface area contributed by atoms with Crippen LogP contribution in [0.25, 0.3) is 16.8 Å². The molecule has 1 aliphatic heterocycles. The van der Waals surface area contributed by atoms with E-state index in [1.54, 1.807) is 48.4 Å². The van der Waals surface area contributed by atoms with Crippen molar-refractivity contribution in [2.75, 3.05) is 20.2 Å². The zero-order valence-corrected chi connectivity index (χ0v) is 20.3. The summed E-state index contributed by atoms with van der Waals surface area (Å²) in [5.74, 6) is 6.31. The number of hydrogen-bond donors (Lipinski definition) is 0. The first kappa shape index (κ1) is 23.4. The molecule has 1 unspecified atom stereocenters. The lowest BCUT2D eigenvalue weighted by molar-refractivity contribution is -0.124. The van der Waals surface area contributed by atoms with E-state index >= 15 is 0 Å². The Morgan fingerprint density at radius 1 is 1.14 bits per heavy atom. The monoisotopic (exact) mass is 484 g/mol. The van der Waals surface area contributed by atoms with Gasteiger partial charge < -0.3 is 14.4 Å². The van der Waals surface area contributed by atoms with Crippen molar-refractivity contribution in [2.24, 2.45) is 0 Å². The quantitative estimate of drug-likeness (QED) is 0.374. The number of carbonyl (C=O) groups excluding carboxylic acids is 1. The van der Waals surface area contributed by atoms with E-state index in [-0.39, 0.29) is 23.3 Å². The average Bonchev–Trinajstić information content (AvgIpc) is 3.52. The lowest BCUT2D eigenvalue weighted by Gasteiger charge is -2.13. The number of rotatable bonds is 5. The number of fused-ring (bicyclic) bond motifs is 1. The molecule has 1 atom stereocenters. The maximum Gasteiger partial charge on any atom is 0.298 e. The van der Waals surface area contributed by atoms with Gasteiger partial charge in [0.25, 0.3) is 5.91 Å². The molecule has 1 amide bonds. The highest BCUT2D eigenvalue weighted by Gasteiger charge is 2.31. The van der Waals surface area contributed by atoms with Crippen molar-refractivity contribution in [3.63, 3.8) is 0 Å². The van der Waals surface area contributed by atoms with Gasteiger partial charge in [0, 0.05) is 36.5 Å². The molecule has 0 saturated carbocycles. The molecule has 2 aromatic carbocycles. The summed E-state index contributed by atoms with van der Waals surface area (Å²) in [7, 11) is 1.41. The van der Waals surface area contributed by atoms with E-state index in [1.165, 1.54) is 7.11 Å². The molecule has 7 nitrogen and oxygen atoms in total. The molecule has 0 aliphatic carbocycles. The number of ether oxygens (including phenoxy) is 2. The second kappa shape index (κ2) is 9.70. The molecule has 5 rings (SSSR count). The van der Waals surface area contributed by atoms with Crippen molar-refractivity contribution in [3.05, 3.63) is 72.2 Å². The minimum absolute atomic E-state index is 0.0877. The van der Waals surface area contributed by atoms with Gasteiger partial charge in [-0.25, -0.2) is 4.98 Å². The fourth-order valence-corrected chi connectivity index (χ4v) is 4.58. The van der Waals surface area contributed by atoms with E-state index in [4.69, 9.17) is 14.5 Å². The molecule has 1 saturated heterocycles. The fraction of sp³-hybridized carbons (Fsp3) is 0.250. The highest BCUT2D eigenvalue weighted by atomic mass is 19.1. The Morgan fingerprint density at radius 2 is 1.92 bits per heavy atom. The topological polar surface area (TPSA) is 69.0 Å². The molecule has 0 N–H and O–H groups in total. The van der Waals surface area contributed by atoms with Crippen molar-refractivity contribution in [1.82, 2.24) is 19.3 Å². The summed E-state index contributed by atoms with van der Waals surface area (Å²) in [4.78, 5) is 23.5. The number of methoxy groups -OCH3 is 1. The summed E-state index contributed by atoms with van der Waals surface area (Å²) < 4.78 is 27.4. The van der Waals surface area contributed by atoms with Crippen LogP contribution in [0.2, 0.25) is 0 Å². The number of likely N-dealkylation sites (tertiary alicyclic amines) is 1. The highest BCUT2D eigenvalue weighted by Crippen LogP contribution is 2.35. The van der Waals surface area contributed by atoms with Crippen LogP contribution in [0.5, 0.6) is 17.2 Å². The summed E-state index contributed by atoms with van der Waals surface area (Å²) in [5, 5.41) is 0. The Hall–Kier alpha value is -4.38. The summed E-state index contributed by atoms with van der Waals surface area (Å²) in [5.41, 5.74) is 3.52. The van der Waals surface area contributed by atoms with Crippen molar-refractivity contribution in [1.29, 1.82) is 0 Å². The Morgan fingerprint density at radius 3 is 2.67 bits per heavy atom. The van der Waals surface area contributed by atoms with Gasteiger partial charge >= 0.3 is 0 Å². The molecule has 0 bridgehead atoms. The maximum atomic E-state index is 14.5. The number of aromatic nitrogens is 3. The first-order valence-corrected chi connectivity index (χ1v) is 11.7. The number of benzene rings is 2. The van der Waals surface area contributed by atoms with Gasteiger partial charge in [0.05, 0.1) is 24.5 Å². The van der Waals surface area contributed by atoms with E-state index in [9.17, 15) is 9.18 Å². The van der Waals surface area contributed by atoms with Crippen molar-refractivity contribution < 1.29 is 18.7 Å². The summed E-state index contributed by atoms with van der Waals surface area (Å²) in [6, 6.07) is 12.1. The predicted octanol–water partition coefficient (Wildman–Crippen LogP) is 4.98. The SMILES string of the molecule is CC#CC(=O)N1CCC(c2nc(-c3ccc(Oc4cccc(OC)c4F)cc3)c3cncc(C)n23)C1. The molecule has 3 heterocycles. The largest absolute Gasteiger partial charge is 0.494 e. The van der Waals surface area contributed by atoms with Gasteiger partial charge in [-0.3, -0.25) is 14.2 Å². The molecule has 0 radical (unpaired) electrons. The van der Waals surface area contributed by atoms with Crippen LogP contribution in [0.3, 0.4) is 0 Å². The summed E-state index contributed by atoms with van der Waals surface area (Å²) in [6.07, 6.45) is 4.42. The number of carbonyl (C=O) groups is 1. The minimum atomic E-state index is -0.552. The third-order valence-electron chi connectivity index (χ3n) is 6.33. The molecule has 2 aromatic heterocycles. The second-order valence-corrected chi connectivity index (χ2v) is 8.60. The Labute approximate surface area is 208 Å². The van der Waals surface area contributed by atoms with Gasteiger partial charge in [0.15, 0.2) is 11.5 Å². The molecule has 1 fully saturated rings. The molecular formula is C28H25FN4O3. The smallest absolute Gasteiger partial charge is 0.298 e. The van der Waals surface area contributed by atoms with E-state index < -0.39 is 5.82 Å². The van der Waals surface area contributed by atoms with Crippen LogP contribution in [-0.4, -0.2) is 45.4 Å². The van der Waals surface area contributed by atoms with Crippen LogP contribution in [0.15, 0.2) is 54.9 Å². The third kappa shape index (κ3) is 4.24.